The lowest BCUT2D eigenvalue weighted by Crippen LogP contribution is -2.40. The minimum Gasteiger partial charge on any atom is -0.472 e. The van der Waals surface area contributed by atoms with Crippen molar-refractivity contribution in [2.75, 3.05) is 13.1 Å². The van der Waals surface area contributed by atoms with E-state index < -0.39 is 0 Å². The fraction of sp³-hybridized carbons (Fsp3) is 0.370. The lowest BCUT2D eigenvalue weighted by molar-refractivity contribution is 0.0522. The molecule has 0 N–H and O–H groups in total. The molecular weight excluding hydrogens is 410 g/mol. The van der Waals surface area contributed by atoms with Gasteiger partial charge in [0.05, 0.1) is 17.1 Å². The molecule has 0 bridgehead atoms. The largest absolute Gasteiger partial charge is 0.472 e. The number of imidazole rings is 1. The highest BCUT2D eigenvalue weighted by Gasteiger charge is 2.44. The number of rotatable bonds is 5. The predicted octanol–water partition coefficient (Wildman–Crippen LogP) is 4.67. The highest BCUT2D eigenvalue weighted by molar-refractivity contribution is 5.76. The van der Waals surface area contributed by atoms with Gasteiger partial charge in [0.15, 0.2) is 0 Å². The summed E-state index contributed by atoms with van der Waals surface area (Å²) in [5.41, 5.74) is 3.53. The number of hydrogen-bond donors (Lipinski definition) is 0. The van der Waals surface area contributed by atoms with Crippen molar-refractivity contribution in [1.29, 1.82) is 0 Å². The zero-order chi connectivity index (χ0) is 22.2. The number of aromatic nitrogens is 4. The molecule has 0 spiro atoms. The van der Waals surface area contributed by atoms with Crippen LogP contribution < -0.4 is 4.74 Å². The molecule has 6 rings (SSSR count). The van der Waals surface area contributed by atoms with Crippen molar-refractivity contribution in [3.8, 4) is 5.88 Å². The third kappa shape index (κ3) is 4.00. The maximum atomic E-state index is 6.57. The van der Waals surface area contributed by atoms with Crippen LogP contribution in [0.3, 0.4) is 0 Å². The van der Waals surface area contributed by atoms with Crippen molar-refractivity contribution >= 4 is 11.0 Å². The molecule has 0 radical (unpaired) electrons. The van der Waals surface area contributed by atoms with Crippen LogP contribution in [0.2, 0.25) is 0 Å². The summed E-state index contributed by atoms with van der Waals surface area (Å²) in [5.74, 6) is 3.04. The number of ether oxygens (including phenoxy) is 1. The molecule has 1 aliphatic carbocycles. The Hall–Kier alpha value is -3.25. The van der Waals surface area contributed by atoms with Crippen molar-refractivity contribution in [2.45, 2.75) is 38.5 Å². The van der Waals surface area contributed by atoms with Crippen LogP contribution in [0.1, 0.15) is 30.3 Å². The van der Waals surface area contributed by atoms with E-state index in [0.29, 0.717) is 17.7 Å². The summed E-state index contributed by atoms with van der Waals surface area (Å²) in [5, 5.41) is 0. The first-order valence-electron chi connectivity index (χ1n) is 11.9. The van der Waals surface area contributed by atoms with Crippen LogP contribution in [0.15, 0.2) is 73.2 Å². The summed E-state index contributed by atoms with van der Waals surface area (Å²) >= 11 is 0. The van der Waals surface area contributed by atoms with Gasteiger partial charge in [-0.15, -0.1) is 0 Å². The molecule has 1 saturated carbocycles. The molecule has 4 atom stereocenters. The van der Waals surface area contributed by atoms with E-state index in [2.05, 4.69) is 56.7 Å². The highest BCUT2D eigenvalue weighted by atomic mass is 16.5. The standard InChI is InChI=1S/C27H29N5O/c1-19-30-23-8-2-3-9-24(23)32(19)25-13-21-17-31(16-20-7-6-11-28-15-20)18-22(21)14-26(25)33-27-10-4-5-12-29-27/h2-12,15,21-22,25-26H,13-14,16-18H2,1H3/t21-,22+,25-,26-/m0/s1. The molecule has 1 aliphatic heterocycles. The third-order valence-corrected chi connectivity index (χ3v) is 7.30. The van der Waals surface area contributed by atoms with Gasteiger partial charge in [0.2, 0.25) is 5.88 Å². The summed E-state index contributed by atoms with van der Waals surface area (Å²) in [7, 11) is 0. The van der Waals surface area contributed by atoms with Crippen molar-refractivity contribution in [3.05, 3.63) is 84.6 Å². The second-order valence-electron chi connectivity index (χ2n) is 9.46. The van der Waals surface area contributed by atoms with Gasteiger partial charge in [-0.05, 0) is 61.4 Å². The molecule has 6 heteroatoms. The number of aryl methyl sites for hydroxylation is 1. The molecule has 3 aromatic heterocycles. The third-order valence-electron chi connectivity index (χ3n) is 7.30. The number of para-hydroxylation sites is 2. The van der Waals surface area contributed by atoms with Crippen molar-refractivity contribution in [1.82, 2.24) is 24.4 Å². The molecule has 2 fully saturated rings. The first kappa shape index (κ1) is 20.4. The molecule has 4 aromatic rings. The fourth-order valence-electron chi connectivity index (χ4n) is 5.92. The molecule has 33 heavy (non-hydrogen) atoms. The van der Waals surface area contributed by atoms with E-state index in [4.69, 9.17) is 9.72 Å². The number of fused-ring (bicyclic) bond motifs is 2. The number of nitrogens with zero attached hydrogens (tertiary/aromatic N) is 5. The van der Waals surface area contributed by atoms with Gasteiger partial charge >= 0.3 is 0 Å². The van der Waals surface area contributed by atoms with E-state index in [1.165, 1.54) is 11.1 Å². The SMILES string of the molecule is Cc1nc2ccccc2n1[C@H]1C[C@H]2CN(Cc3cccnc3)C[C@H]2C[C@@H]1Oc1ccccn1. The van der Waals surface area contributed by atoms with Gasteiger partial charge in [-0.1, -0.05) is 24.3 Å². The Morgan fingerprint density at radius 2 is 1.79 bits per heavy atom. The Kier molecular flexibility index (Phi) is 5.30. The zero-order valence-electron chi connectivity index (χ0n) is 18.9. The van der Waals surface area contributed by atoms with E-state index in [-0.39, 0.29) is 12.1 Å². The topological polar surface area (TPSA) is 56.1 Å². The van der Waals surface area contributed by atoms with E-state index in [1.807, 2.05) is 36.7 Å². The van der Waals surface area contributed by atoms with E-state index >= 15 is 0 Å². The monoisotopic (exact) mass is 439 g/mol. The zero-order valence-corrected chi connectivity index (χ0v) is 18.9. The van der Waals surface area contributed by atoms with Gasteiger partial charge in [0, 0.05) is 44.3 Å². The van der Waals surface area contributed by atoms with Crippen LogP contribution in [0.4, 0.5) is 0 Å². The van der Waals surface area contributed by atoms with Crippen molar-refractivity contribution in [3.63, 3.8) is 0 Å². The smallest absolute Gasteiger partial charge is 0.213 e. The predicted molar refractivity (Wildman–Crippen MR) is 128 cm³/mol. The Balaban J connectivity index is 1.30. The van der Waals surface area contributed by atoms with Gasteiger partial charge in [0.1, 0.15) is 11.9 Å². The second-order valence-corrected chi connectivity index (χ2v) is 9.46. The number of likely N-dealkylation sites (tertiary alicyclic amines) is 1. The van der Waals surface area contributed by atoms with Crippen molar-refractivity contribution < 1.29 is 4.74 Å². The minimum atomic E-state index is 0.0656. The summed E-state index contributed by atoms with van der Waals surface area (Å²) in [6.45, 7) is 5.31. The molecule has 1 saturated heterocycles. The first-order valence-corrected chi connectivity index (χ1v) is 11.9. The Labute approximate surface area is 194 Å². The van der Waals surface area contributed by atoms with Gasteiger partial charge < -0.3 is 9.30 Å². The number of hydrogen-bond acceptors (Lipinski definition) is 5. The maximum absolute atomic E-state index is 6.57. The van der Waals surface area contributed by atoms with Crippen LogP contribution in [0.5, 0.6) is 5.88 Å². The summed E-state index contributed by atoms with van der Waals surface area (Å²) in [6.07, 6.45) is 7.82. The quantitative estimate of drug-likeness (QED) is 0.452. The van der Waals surface area contributed by atoms with E-state index in [1.54, 1.807) is 6.20 Å². The van der Waals surface area contributed by atoms with Gasteiger partial charge in [-0.3, -0.25) is 9.88 Å². The Morgan fingerprint density at radius 1 is 0.939 bits per heavy atom. The molecule has 1 aromatic carbocycles. The molecule has 0 unspecified atom stereocenters. The molecule has 2 aliphatic rings. The Morgan fingerprint density at radius 3 is 2.61 bits per heavy atom. The Bertz CT molecular complexity index is 1230. The summed E-state index contributed by atoms with van der Waals surface area (Å²) in [6, 6.07) is 18.8. The molecular formula is C27H29N5O. The first-order chi connectivity index (χ1) is 16.2. The number of pyridine rings is 2. The fourth-order valence-corrected chi connectivity index (χ4v) is 5.92. The molecule has 0 amide bonds. The van der Waals surface area contributed by atoms with Gasteiger partial charge in [-0.25, -0.2) is 9.97 Å². The lowest BCUT2D eigenvalue weighted by atomic mass is 9.77. The van der Waals surface area contributed by atoms with Crippen LogP contribution in [0.25, 0.3) is 11.0 Å². The van der Waals surface area contributed by atoms with Crippen LogP contribution in [-0.4, -0.2) is 43.6 Å². The van der Waals surface area contributed by atoms with Crippen LogP contribution in [-0.2, 0) is 6.54 Å². The number of benzene rings is 1. The van der Waals surface area contributed by atoms with E-state index in [9.17, 15) is 0 Å². The molecule has 4 heterocycles. The minimum absolute atomic E-state index is 0.0656. The lowest BCUT2D eigenvalue weighted by Gasteiger charge is -2.39. The summed E-state index contributed by atoms with van der Waals surface area (Å²) < 4.78 is 8.99. The highest BCUT2D eigenvalue weighted by Crippen LogP contribution is 2.44. The van der Waals surface area contributed by atoms with Crippen molar-refractivity contribution in [2.24, 2.45) is 11.8 Å². The average molecular weight is 440 g/mol. The normalized spacial score (nSPS) is 25.2. The second kappa shape index (κ2) is 8.60. The van der Waals surface area contributed by atoms with Crippen LogP contribution in [0, 0.1) is 18.8 Å². The molecule has 6 nitrogen and oxygen atoms in total. The summed E-state index contributed by atoms with van der Waals surface area (Å²) in [4.78, 5) is 16.2. The van der Waals surface area contributed by atoms with Crippen LogP contribution >= 0.6 is 0 Å². The van der Waals surface area contributed by atoms with Gasteiger partial charge in [-0.2, -0.15) is 0 Å². The van der Waals surface area contributed by atoms with E-state index in [0.717, 1.165) is 43.8 Å². The molecule has 168 valence electrons. The average Bonchev–Trinajstić information content (AvgIpc) is 3.38. The maximum Gasteiger partial charge on any atom is 0.213 e. The van der Waals surface area contributed by atoms with Gasteiger partial charge in [0.25, 0.3) is 0 Å².